The first-order chi connectivity index (χ1) is 9.69. The molecule has 0 aliphatic rings. The summed E-state index contributed by atoms with van der Waals surface area (Å²) in [6.07, 6.45) is 3.77. The van der Waals surface area contributed by atoms with Gasteiger partial charge in [-0.1, -0.05) is 12.1 Å². The summed E-state index contributed by atoms with van der Waals surface area (Å²) >= 11 is 0. The molecule has 2 aromatic rings. The van der Waals surface area contributed by atoms with E-state index in [0.717, 1.165) is 11.1 Å². The summed E-state index contributed by atoms with van der Waals surface area (Å²) in [5.41, 5.74) is 2.57. The van der Waals surface area contributed by atoms with Gasteiger partial charge in [-0.3, -0.25) is 9.78 Å². The van der Waals surface area contributed by atoms with Crippen LogP contribution in [0.1, 0.15) is 16.7 Å². The molecular formula is C16H15N3O. The molecule has 0 aliphatic heterocycles. The number of amides is 1. The number of carbonyl (C=O) groups is 1. The van der Waals surface area contributed by atoms with Crippen LogP contribution in [0.5, 0.6) is 0 Å². The van der Waals surface area contributed by atoms with Crippen LogP contribution in [0.15, 0.2) is 48.8 Å². The number of hydrogen-bond donors (Lipinski definition) is 0. The molecule has 1 heterocycles. The molecule has 0 fully saturated rings. The quantitative estimate of drug-likeness (QED) is 0.851. The lowest BCUT2D eigenvalue weighted by molar-refractivity contribution is -0.129. The van der Waals surface area contributed by atoms with Crippen molar-refractivity contribution in [1.82, 2.24) is 9.88 Å². The van der Waals surface area contributed by atoms with Crippen molar-refractivity contribution in [2.24, 2.45) is 0 Å². The topological polar surface area (TPSA) is 57.0 Å². The standard InChI is InChI=1S/C16H15N3O/c1-19(12-15-6-8-18-9-7-15)16(20)10-13-2-4-14(11-17)5-3-13/h2-9H,10,12H2,1H3. The highest BCUT2D eigenvalue weighted by molar-refractivity contribution is 5.78. The van der Waals surface area contributed by atoms with Crippen LogP contribution in [0.4, 0.5) is 0 Å². The van der Waals surface area contributed by atoms with Gasteiger partial charge in [-0.25, -0.2) is 0 Å². The van der Waals surface area contributed by atoms with Crippen molar-refractivity contribution in [1.29, 1.82) is 5.26 Å². The third-order valence-electron chi connectivity index (χ3n) is 3.03. The molecule has 1 amide bonds. The number of benzene rings is 1. The average molecular weight is 265 g/mol. The summed E-state index contributed by atoms with van der Waals surface area (Å²) < 4.78 is 0. The van der Waals surface area contributed by atoms with E-state index >= 15 is 0 Å². The third kappa shape index (κ3) is 3.66. The molecule has 4 heteroatoms. The van der Waals surface area contributed by atoms with Crippen LogP contribution in [0.3, 0.4) is 0 Å². The Kier molecular flexibility index (Phi) is 4.46. The van der Waals surface area contributed by atoms with E-state index < -0.39 is 0 Å². The summed E-state index contributed by atoms with van der Waals surface area (Å²) in [5.74, 6) is 0.0477. The highest BCUT2D eigenvalue weighted by atomic mass is 16.2. The number of pyridine rings is 1. The number of hydrogen-bond acceptors (Lipinski definition) is 3. The SMILES string of the molecule is CN(Cc1ccncc1)C(=O)Cc1ccc(C#N)cc1. The lowest BCUT2D eigenvalue weighted by Crippen LogP contribution is -2.27. The Bertz CT molecular complexity index is 614. The van der Waals surface area contributed by atoms with E-state index in [4.69, 9.17) is 5.26 Å². The van der Waals surface area contributed by atoms with Crippen molar-refractivity contribution in [3.8, 4) is 6.07 Å². The van der Waals surface area contributed by atoms with Crippen LogP contribution in [-0.4, -0.2) is 22.8 Å². The van der Waals surface area contributed by atoms with E-state index in [1.807, 2.05) is 24.3 Å². The second-order valence-corrected chi connectivity index (χ2v) is 4.59. The van der Waals surface area contributed by atoms with Gasteiger partial charge in [-0.05, 0) is 35.4 Å². The van der Waals surface area contributed by atoms with Crippen LogP contribution in [0.25, 0.3) is 0 Å². The first kappa shape index (κ1) is 13.8. The maximum absolute atomic E-state index is 12.1. The van der Waals surface area contributed by atoms with E-state index in [1.165, 1.54) is 0 Å². The van der Waals surface area contributed by atoms with Gasteiger partial charge in [0.05, 0.1) is 18.1 Å². The zero-order chi connectivity index (χ0) is 14.4. The summed E-state index contributed by atoms with van der Waals surface area (Å²) in [5, 5.41) is 8.73. The lowest BCUT2D eigenvalue weighted by atomic mass is 10.1. The van der Waals surface area contributed by atoms with Gasteiger partial charge in [0.15, 0.2) is 0 Å². The largest absolute Gasteiger partial charge is 0.341 e. The number of aromatic nitrogens is 1. The number of likely N-dealkylation sites (N-methyl/N-ethyl adjacent to an activating group) is 1. The van der Waals surface area contributed by atoms with Gasteiger partial charge in [0.25, 0.3) is 0 Å². The fraction of sp³-hybridized carbons (Fsp3) is 0.188. The number of rotatable bonds is 4. The molecule has 100 valence electrons. The zero-order valence-electron chi connectivity index (χ0n) is 11.3. The molecule has 0 saturated heterocycles. The Morgan fingerprint density at radius 2 is 1.80 bits per heavy atom. The summed E-state index contributed by atoms with van der Waals surface area (Å²) in [4.78, 5) is 17.8. The van der Waals surface area contributed by atoms with Gasteiger partial charge in [0.1, 0.15) is 0 Å². The first-order valence-corrected chi connectivity index (χ1v) is 6.31. The molecule has 4 nitrogen and oxygen atoms in total. The molecule has 0 N–H and O–H groups in total. The number of carbonyl (C=O) groups excluding carboxylic acids is 1. The van der Waals surface area contributed by atoms with Crippen molar-refractivity contribution in [3.63, 3.8) is 0 Å². The van der Waals surface area contributed by atoms with Crippen LogP contribution in [0.2, 0.25) is 0 Å². The molecular weight excluding hydrogens is 250 g/mol. The van der Waals surface area contributed by atoms with Crippen LogP contribution < -0.4 is 0 Å². The molecule has 0 bridgehead atoms. The second-order valence-electron chi connectivity index (χ2n) is 4.59. The van der Waals surface area contributed by atoms with Crippen molar-refractivity contribution in [2.75, 3.05) is 7.05 Å². The minimum Gasteiger partial charge on any atom is -0.341 e. The van der Waals surface area contributed by atoms with Crippen LogP contribution in [-0.2, 0) is 17.8 Å². The van der Waals surface area contributed by atoms with Crippen LogP contribution >= 0.6 is 0 Å². The van der Waals surface area contributed by atoms with E-state index in [-0.39, 0.29) is 5.91 Å². The van der Waals surface area contributed by atoms with E-state index in [9.17, 15) is 4.79 Å². The average Bonchev–Trinajstić information content (AvgIpc) is 2.49. The van der Waals surface area contributed by atoms with Crippen molar-refractivity contribution < 1.29 is 4.79 Å². The summed E-state index contributed by atoms with van der Waals surface area (Å²) in [6.45, 7) is 0.567. The highest BCUT2D eigenvalue weighted by Crippen LogP contribution is 2.07. The molecule has 0 radical (unpaired) electrons. The van der Waals surface area contributed by atoms with Crippen LogP contribution in [0, 0.1) is 11.3 Å². The molecule has 0 spiro atoms. The van der Waals surface area contributed by atoms with Gasteiger partial charge in [-0.2, -0.15) is 5.26 Å². The van der Waals surface area contributed by atoms with Gasteiger partial charge in [-0.15, -0.1) is 0 Å². The molecule has 0 aliphatic carbocycles. The van der Waals surface area contributed by atoms with Gasteiger partial charge >= 0.3 is 0 Å². The van der Waals surface area contributed by atoms with Crippen molar-refractivity contribution in [3.05, 3.63) is 65.5 Å². The minimum absolute atomic E-state index is 0.0477. The molecule has 0 saturated carbocycles. The van der Waals surface area contributed by atoms with Crippen molar-refractivity contribution >= 4 is 5.91 Å². The lowest BCUT2D eigenvalue weighted by Gasteiger charge is -2.17. The Balaban J connectivity index is 1.95. The molecule has 1 aromatic carbocycles. The normalized spacial score (nSPS) is 9.80. The Hall–Kier alpha value is -2.67. The van der Waals surface area contributed by atoms with E-state index in [2.05, 4.69) is 11.1 Å². The summed E-state index contributed by atoms with van der Waals surface area (Å²) in [7, 11) is 1.78. The van der Waals surface area contributed by atoms with E-state index in [1.54, 1.807) is 36.5 Å². The molecule has 20 heavy (non-hydrogen) atoms. The minimum atomic E-state index is 0.0477. The first-order valence-electron chi connectivity index (χ1n) is 6.31. The zero-order valence-corrected chi connectivity index (χ0v) is 11.3. The predicted molar refractivity (Wildman–Crippen MR) is 75.6 cm³/mol. The third-order valence-corrected chi connectivity index (χ3v) is 3.03. The Morgan fingerprint density at radius 1 is 1.15 bits per heavy atom. The molecule has 0 unspecified atom stereocenters. The van der Waals surface area contributed by atoms with Gasteiger partial charge < -0.3 is 4.90 Å². The molecule has 0 atom stereocenters. The maximum atomic E-state index is 12.1. The fourth-order valence-electron chi connectivity index (χ4n) is 1.86. The molecule has 2 rings (SSSR count). The number of nitrogens with zero attached hydrogens (tertiary/aromatic N) is 3. The van der Waals surface area contributed by atoms with Gasteiger partial charge in [0, 0.05) is 26.0 Å². The number of nitriles is 1. The maximum Gasteiger partial charge on any atom is 0.227 e. The predicted octanol–water partition coefficient (Wildman–Crippen LogP) is 2.15. The Labute approximate surface area is 118 Å². The Morgan fingerprint density at radius 3 is 2.40 bits per heavy atom. The monoisotopic (exact) mass is 265 g/mol. The smallest absolute Gasteiger partial charge is 0.227 e. The summed E-state index contributed by atoms with van der Waals surface area (Å²) in [6, 6.07) is 12.9. The second kappa shape index (κ2) is 6.48. The van der Waals surface area contributed by atoms with E-state index in [0.29, 0.717) is 18.5 Å². The van der Waals surface area contributed by atoms with Crippen molar-refractivity contribution in [2.45, 2.75) is 13.0 Å². The fourth-order valence-corrected chi connectivity index (χ4v) is 1.86. The molecule has 1 aromatic heterocycles. The van der Waals surface area contributed by atoms with Gasteiger partial charge in [0.2, 0.25) is 5.91 Å². The highest BCUT2D eigenvalue weighted by Gasteiger charge is 2.10.